The summed E-state index contributed by atoms with van der Waals surface area (Å²) in [7, 11) is 0. The van der Waals surface area contributed by atoms with E-state index in [0.29, 0.717) is 0 Å². The van der Waals surface area contributed by atoms with Gasteiger partial charge < -0.3 is 28.4 Å². The third kappa shape index (κ3) is 3.49. The molecule has 3 heterocycles. The molecule has 1 saturated carbocycles. The maximum atomic E-state index is 13.1. The van der Waals surface area contributed by atoms with Gasteiger partial charge in [0.05, 0.1) is 5.60 Å². The van der Waals surface area contributed by atoms with Crippen molar-refractivity contribution in [2.24, 2.45) is 17.3 Å². The van der Waals surface area contributed by atoms with Crippen molar-refractivity contribution in [3.8, 4) is 0 Å². The fourth-order valence-electron chi connectivity index (χ4n) is 7.06. The van der Waals surface area contributed by atoms with Crippen LogP contribution < -0.4 is 0 Å². The van der Waals surface area contributed by atoms with Crippen LogP contribution in [0.1, 0.15) is 54.9 Å². The van der Waals surface area contributed by atoms with E-state index in [4.69, 9.17) is 28.4 Å². The minimum absolute atomic E-state index is 0.118. The van der Waals surface area contributed by atoms with Crippen molar-refractivity contribution in [1.82, 2.24) is 0 Å². The largest absolute Gasteiger partial charge is 0.459 e. The van der Waals surface area contributed by atoms with Gasteiger partial charge in [-0.1, -0.05) is 19.9 Å². The molecular formula is C26H32O11. The highest BCUT2D eigenvalue weighted by molar-refractivity contribution is 5.93. The molecule has 3 aliphatic heterocycles. The summed E-state index contributed by atoms with van der Waals surface area (Å²) in [5.41, 5.74) is -4.99. The van der Waals surface area contributed by atoms with E-state index in [9.17, 15) is 24.0 Å². The number of allylic oxidation sites excluding steroid dienone is 1. The fraction of sp³-hybridized carbons (Fsp3) is 0.731. The monoisotopic (exact) mass is 520 g/mol. The number of ether oxygens (including phenoxy) is 6. The fourth-order valence-corrected chi connectivity index (χ4v) is 7.06. The molecule has 202 valence electrons. The van der Waals surface area contributed by atoms with Gasteiger partial charge in [0.2, 0.25) is 0 Å². The number of carbonyl (C=O) groups is 5. The van der Waals surface area contributed by atoms with E-state index >= 15 is 0 Å². The molecule has 0 amide bonds. The molecule has 5 aliphatic rings. The number of ketones is 1. The molecule has 1 spiro atoms. The number of hydrogen-bond donors (Lipinski definition) is 0. The zero-order chi connectivity index (χ0) is 27.3. The first-order valence-electron chi connectivity index (χ1n) is 12.4. The van der Waals surface area contributed by atoms with E-state index in [2.05, 4.69) is 0 Å². The van der Waals surface area contributed by atoms with Gasteiger partial charge in [-0.2, -0.15) is 0 Å². The molecule has 0 unspecified atom stereocenters. The van der Waals surface area contributed by atoms with E-state index in [-0.39, 0.29) is 12.2 Å². The Bertz CT molecular complexity index is 1130. The molecule has 0 aromatic carbocycles. The van der Waals surface area contributed by atoms with Gasteiger partial charge in [-0.15, -0.1) is 0 Å². The maximum Gasteiger partial charge on any atom is 0.342 e. The number of esters is 4. The van der Waals surface area contributed by atoms with Crippen molar-refractivity contribution in [3.63, 3.8) is 0 Å². The molecule has 0 bridgehead atoms. The van der Waals surface area contributed by atoms with Gasteiger partial charge >= 0.3 is 23.9 Å². The first-order chi connectivity index (χ1) is 17.1. The summed E-state index contributed by atoms with van der Waals surface area (Å²) < 4.78 is 35.5. The highest BCUT2D eigenvalue weighted by Gasteiger charge is 2.91. The van der Waals surface area contributed by atoms with E-state index in [1.807, 2.05) is 0 Å². The molecule has 0 aromatic rings. The second kappa shape index (κ2) is 7.86. The van der Waals surface area contributed by atoms with E-state index < -0.39 is 88.5 Å². The van der Waals surface area contributed by atoms with Crippen molar-refractivity contribution in [3.05, 3.63) is 12.2 Å². The Labute approximate surface area is 214 Å². The predicted octanol–water partition coefficient (Wildman–Crippen LogP) is 1.19. The van der Waals surface area contributed by atoms with Crippen molar-refractivity contribution < 1.29 is 52.4 Å². The molecule has 37 heavy (non-hydrogen) atoms. The number of carbonyl (C=O) groups excluding carboxylic acids is 5. The summed E-state index contributed by atoms with van der Waals surface area (Å²) in [5, 5.41) is 0. The average molecular weight is 521 g/mol. The molecule has 4 fully saturated rings. The molecule has 0 N–H and O–H groups in total. The summed E-state index contributed by atoms with van der Waals surface area (Å²) in [6, 6.07) is 0. The van der Waals surface area contributed by atoms with Crippen LogP contribution in [0.3, 0.4) is 0 Å². The van der Waals surface area contributed by atoms with Gasteiger partial charge in [0.1, 0.15) is 24.4 Å². The molecule has 11 atom stereocenters. The summed E-state index contributed by atoms with van der Waals surface area (Å²) in [6.07, 6.45) is -1.72. The highest BCUT2D eigenvalue weighted by atomic mass is 16.8. The molecule has 0 radical (unpaired) electrons. The van der Waals surface area contributed by atoms with Crippen LogP contribution in [0.2, 0.25) is 0 Å². The third-order valence-corrected chi connectivity index (χ3v) is 8.86. The number of epoxide rings is 2. The van der Waals surface area contributed by atoms with Crippen molar-refractivity contribution >= 4 is 29.7 Å². The summed E-state index contributed by atoms with van der Waals surface area (Å²) in [5.74, 6) is -4.32. The first kappa shape index (κ1) is 25.8. The standard InChI is InChI=1S/C26H32O11/c1-11-15(30)8-9-23(5)17(11)19(34-14(4)29)26-21(35-22(31)25(26,7)37-26)20-24(6,36-20)10-16(32-12(2)27)18(23)33-13(3)28/h8-9,11,16-21H,10H2,1-7H3/t11-,16-,17+,18-,19-,20-,21-,23-,24+,25-,26+/m0/s1. The summed E-state index contributed by atoms with van der Waals surface area (Å²) >= 11 is 0. The van der Waals surface area contributed by atoms with Crippen molar-refractivity contribution in [2.45, 2.75) is 102 Å². The first-order valence-corrected chi connectivity index (χ1v) is 12.4. The lowest BCUT2D eigenvalue weighted by molar-refractivity contribution is -0.196. The molecular weight excluding hydrogens is 488 g/mol. The zero-order valence-electron chi connectivity index (χ0n) is 21.9. The Kier molecular flexibility index (Phi) is 5.49. The van der Waals surface area contributed by atoms with Crippen molar-refractivity contribution in [2.75, 3.05) is 0 Å². The number of fused-ring (bicyclic) bond motifs is 3. The Hall–Kier alpha value is -2.79. The normalized spacial score (nSPS) is 49.3. The topological polar surface area (TPSA) is 147 Å². The van der Waals surface area contributed by atoms with Crippen LogP contribution in [-0.4, -0.2) is 77.0 Å². The van der Waals surface area contributed by atoms with Crippen molar-refractivity contribution in [1.29, 1.82) is 0 Å². The lowest BCUT2D eigenvalue weighted by atomic mass is 9.56. The lowest BCUT2D eigenvalue weighted by Crippen LogP contribution is -2.63. The summed E-state index contributed by atoms with van der Waals surface area (Å²) in [4.78, 5) is 63.2. The molecule has 5 rings (SSSR count). The van der Waals surface area contributed by atoms with Crippen LogP contribution in [0.25, 0.3) is 0 Å². The van der Waals surface area contributed by atoms with Gasteiger partial charge in [-0.25, -0.2) is 4.79 Å². The van der Waals surface area contributed by atoms with Crippen LogP contribution in [0, 0.1) is 17.3 Å². The van der Waals surface area contributed by atoms with Crippen LogP contribution in [-0.2, 0) is 52.4 Å². The van der Waals surface area contributed by atoms with Gasteiger partial charge in [-0.05, 0) is 19.9 Å². The van der Waals surface area contributed by atoms with E-state index in [1.54, 1.807) is 33.8 Å². The van der Waals surface area contributed by atoms with E-state index in [0.717, 1.165) is 0 Å². The smallest absolute Gasteiger partial charge is 0.342 e. The van der Waals surface area contributed by atoms with Crippen LogP contribution in [0.4, 0.5) is 0 Å². The van der Waals surface area contributed by atoms with Crippen LogP contribution >= 0.6 is 0 Å². The minimum Gasteiger partial charge on any atom is -0.459 e. The SMILES string of the molecule is CC(=O)O[C@H]1C[C@@]2(C)O[C@H]2[C@@H]2OC(=O)[C@]3(C)O[C@]23[C@@H](OC(C)=O)[C@H]2[C@@H](C)C(=O)C=C[C@]2(C)[C@H]1OC(C)=O. The molecule has 0 aromatic heterocycles. The Morgan fingerprint density at radius 2 is 1.51 bits per heavy atom. The molecule has 11 nitrogen and oxygen atoms in total. The summed E-state index contributed by atoms with van der Waals surface area (Å²) in [6.45, 7) is 10.5. The zero-order valence-corrected chi connectivity index (χ0v) is 21.9. The second-order valence-electron chi connectivity index (χ2n) is 11.4. The lowest BCUT2D eigenvalue weighted by Gasteiger charge is -2.51. The molecule has 11 heteroatoms. The van der Waals surface area contributed by atoms with Gasteiger partial charge in [0.25, 0.3) is 0 Å². The number of rotatable bonds is 3. The Morgan fingerprint density at radius 1 is 0.919 bits per heavy atom. The predicted molar refractivity (Wildman–Crippen MR) is 122 cm³/mol. The van der Waals surface area contributed by atoms with Gasteiger partial charge in [0, 0.05) is 44.4 Å². The highest BCUT2D eigenvalue weighted by Crippen LogP contribution is 2.68. The third-order valence-electron chi connectivity index (χ3n) is 8.86. The van der Waals surface area contributed by atoms with Gasteiger partial charge in [-0.3, -0.25) is 19.2 Å². The average Bonchev–Trinajstić information content (AvgIpc) is 3.61. The maximum absolute atomic E-state index is 13.1. The molecule has 3 saturated heterocycles. The quantitative estimate of drug-likeness (QED) is 0.300. The minimum atomic E-state index is -1.43. The van der Waals surface area contributed by atoms with E-state index in [1.165, 1.54) is 26.8 Å². The van der Waals surface area contributed by atoms with Crippen LogP contribution in [0.5, 0.6) is 0 Å². The number of hydrogen-bond acceptors (Lipinski definition) is 11. The Balaban J connectivity index is 1.76. The second-order valence-corrected chi connectivity index (χ2v) is 11.4. The Morgan fingerprint density at radius 3 is 2.08 bits per heavy atom. The van der Waals surface area contributed by atoms with Gasteiger partial charge in [0.15, 0.2) is 23.1 Å². The molecule has 2 aliphatic carbocycles. The van der Waals surface area contributed by atoms with Crippen LogP contribution in [0.15, 0.2) is 12.2 Å².